The zero-order chi connectivity index (χ0) is 17.0. The number of ketones is 1. The van der Waals surface area contributed by atoms with Crippen molar-refractivity contribution in [1.29, 1.82) is 0 Å². The Hall–Kier alpha value is -2.09. The van der Waals surface area contributed by atoms with Crippen LogP contribution in [0.4, 0.5) is 0 Å². The van der Waals surface area contributed by atoms with E-state index in [-0.39, 0.29) is 5.78 Å². The second-order valence-corrected chi connectivity index (χ2v) is 6.16. The molecule has 0 aliphatic heterocycles. The maximum atomic E-state index is 12.6. The van der Waals surface area contributed by atoms with Crippen molar-refractivity contribution in [3.63, 3.8) is 0 Å². The van der Waals surface area contributed by atoms with Gasteiger partial charge in [-0.15, -0.1) is 0 Å². The molecular formula is C22H28O2. The van der Waals surface area contributed by atoms with Crippen molar-refractivity contribution < 1.29 is 9.53 Å². The normalized spacial score (nSPS) is 10.5. The van der Waals surface area contributed by atoms with E-state index in [1.807, 2.05) is 54.6 Å². The van der Waals surface area contributed by atoms with Crippen LogP contribution >= 0.6 is 0 Å². The summed E-state index contributed by atoms with van der Waals surface area (Å²) in [6, 6.07) is 16.9. The van der Waals surface area contributed by atoms with Crippen molar-refractivity contribution in [3.8, 4) is 5.75 Å². The average molecular weight is 324 g/mol. The average Bonchev–Trinajstić information content (AvgIpc) is 2.64. The molecular weight excluding hydrogens is 296 g/mol. The van der Waals surface area contributed by atoms with Crippen molar-refractivity contribution >= 4 is 5.78 Å². The third-order valence-corrected chi connectivity index (χ3v) is 4.17. The van der Waals surface area contributed by atoms with Crippen LogP contribution < -0.4 is 4.74 Å². The third-order valence-electron chi connectivity index (χ3n) is 4.17. The Morgan fingerprint density at radius 3 is 2.17 bits per heavy atom. The fourth-order valence-corrected chi connectivity index (χ4v) is 2.77. The number of ether oxygens (including phenoxy) is 1. The molecule has 0 spiro atoms. The SMILES string of the molecule is CCCCCCCCCOc1ccccc1C(=O)c1ccccc1. The largest absolute Gasteiger partial charge is 0.493 e. The molecule has 0 radical (unpaired) electrons. The Bertz CT molecular complexity index is 604. The molecule has 0 bridgehead atoms. The van der Waals surface area contributed by atoms with Crippen molar-refractivity contribution in [2.24, 2.45) is 0 Å². The fraction of sp³-hybridized carbons (Fsp3) is 0.409. The molecule has 0 saturated heterocycles. The molecule has 0 aliphatic carbocycles. The molecule has 0 aliphatic rings. The van der Waals surface area contributed by atoms with Crippen molar-refractivity contribution in [2.45, 2.75) is 51.9 Å². The number of benzene rings is 2. The summed E-state index contributed by atoms with van der Waals surface area (Å²) in [5, 5.41) is 0. The molecule has 0 aromatic heterocycles. The van der Waals surface area contributed by atoms with E-state index in [1.54, 1.807) is 0 Å². The number of rotatable bonds is 11. The first-order chi connectivity index (χ1) is 11.8. The summed E-state index contributed by atoms with van der Waals surface area (Å²) in [6.07, 6.45) is 8.79. The van der Waals surface area contributed by atoms with E-state index in [0.717, 1.165) is 6.42 Å². The van der Waals surface area contributed by atoms with Gasteiger partial charge in [0.15, 0.2) is 5.78 Å². The van der Waals surface area contributed by atoms with Gasteiger partial charge in [0, 0.05) is 5.56 Å². The van der Waals surface area contributed by atoms with Crippen molar-refractivity contribution in [1.82, 2.24) is 0 Å². The van der Waals surface area contributed by atoms with Gasteiger partial charge in [0.25, 0.3) is 0 Å². The van der Waals surface area contributed by atoms with Crippen molar-refractivity contribution in [3.05, 3.63) is 65.7 Å². The lowest BCUT2D eigenvalue weighted by atomic mass is 10.0. The second-order valence-electron chi connectivity index (χ2n) is 6.16. The van der Waals surface area contributed by atoms with Crippen LogP contribution in [0.1, 0.15) is 67.8 Å². The molecule has 0 saturated carbocycles. The highest BCUT2D eigenvalue weighted by Gasteiger charge is 2.13. The Labute approximate surface area is 145 Å². The smallest absolute Gasteiger partial charge is 0.196 e. The number of carbonyl (C=O) groups excluding carboxylic acids is 1. The molecule has 0 unspecified atom stereocenters. The van der Waals surface area contributed by atoms with Crippen LogP contribution in [-0.2, 0) is 0 Å². The van der Waals surface area contributed by atoms with Gasteiger partial charge in [-0.25, -0.2) is 0 Å². The van der Waals surface area contributed by atoms with E-state index in [4.69, 9.17) is 4.74 Å². The highest BCUT2D eigenvalue weighted by Crippen LogP contribution is 2.22. The molecule has 2 rings (SSSR count). The van der Waals surface area contributed by atoms with Gasteiger partial charge in [0.2, 0.25) is 0 Å². The Balaban J connectivity index is 1.83. The van der Waals surface area contributed by atoms with Gasteiger partial charge in [-0.2, -0.15) is 0 Å². The summed E-state index contributed by atoms with van der Waals surface area (Å²) in [5.74, 6) is 0.711. The van der Waals surface area contributed by atoms with Gasteiger partial charge < -0.3 is 4.74 Å². The number of para-hydroxylation sites is 1. The first-order valence-corrected chi connectivity index (χ1v) is 9.14. The summed E-state index contributed by atoms with van der Waals surface area (Å²) >= 11 is 0. The molecule has 0 N–H and O–H groups in total. The fourth-order valence-electron chi connectivity index (χ4n) is 2.77. The number of unbranched alkanes of at least 4 members (excludes halogenated alkanes) is 6. The van der Waals surface area contributed by atoms with Gasteiger partial charge in [0.1, 0.15) is 5.75 Å². The highest BCUT2D eigenvalue weighted by atomic mass is 16.5. The zero-order valence-corrected chi connectivity index (χ0v) is 14.7. The number of carbonyl (C=O) groups is 1. The standard InChI is InChI=1S/C22H28O2/c1-2-3-4-5-6-7-13-18-24-21-17-12-11-16-20(21)22(23)19-14-9-8-10-15-19/h8-12,14-17H,2-7,13,18H2,1H3. The highest BCUT2D eigenvalue weighted by molar-refractivity contribution is 6.10. The number of hydrogen-bond acceptors (Lipinski definition) is 2. The van der Waals surface area contributed by atoms with Gasteiger partial charge >= 0.3 is 0 Å². The summed E-state index contributed by atoms with van der Waals surface area (Å²) in [6.45, 7) is 2.91. The van der Waals surface area contributed by atoms with E-state index >= 15 is 0 Å². The van der Waals surface area contributed by atoms with Crippen LogP contribution in [0.2, 0.25) is 0 Å². The zero-order valence-electron chi connectivity index (χ0n) is 14.7. The predicted octanol–water partition coefficient (Wildman–Crippen LogP) is 6.05. The van der Waals surface area contributed by atoms with Gasteiger partial charge in [-0.05, 0) is 18.6 Å². The van der Waals surface area contributed by atoms with E-state index in [9.17, 15) is 4.79 Å². The second kappa shape index (κ2) is 10.6. The van der Waals surface area contributed by atoms with Gasteiger partial charge in [-0.1, -0.05) is 87.9 Å². The lowest BCUT2D eigenvalue weighted by Crippen LogP contribution is -2.06. The maximum absolute atomic E-state index is 12.6. The first-order valence-electron chi connectivity index (χ1n) is 9.14. The van der Waals surface area contributed by atoms with Gasteiger partial charge in [-0.3, -0.25) is 4.79 Å². The molecule has 2 nitrogen and oxygen atoms in total. The Morgan fingerprint density at radius 1 is 0.792 bits per heavy atom. The third kappa shape index (κ3) is 5.84. The lowest BCUT2D eigenvalue weighted by molar-refractivity contribution is 0.103. The van der Waals surface area contributed by atoms with E-state index < -0.39 is 0 Å². The van der Waals surface area contributed by atoms with Crippen LogP contribution in [0.25, 0.3) is 0 Å². The minimum Gasteiger partial charge on any atom is -0.493 e. The molecule has 0 fully saturated rings. The molecule has 24 heavy (non-hydrogen) atoms. The predicted molar refractivity (Wildman–Crippen MR) is 99.8 cm³/mol. The molecule has 0 atom stereocenters. The Morgan fingerprint density at radius 2 is 1.42 bits per heavy atom. The molecule has 2 heteroatoms. The minimum atomic E-state index is 0.0192. The molecule has 0 heterocycles. The van der Waals surface area contributed by atoms with Crippen LogP contribution in [0.15, 0.2) is 54.6 Å². The number of hydrogen-bond donors (Lipinski definition) is 0. The van der Waals surface area contributed by atoms with E-state index in [2.05, 4.69) is 6.92 Å². The monoisotopic (exact) mass is 324 g/mol. The summed E-state index contributed by atoms with van der Waals surface area (Å²) in [5.41, 5.74) is 1.34. The van der Waals surface area contributed by atoms with Crippen LogP contribution in [0.3, 0.4) is 0 Å². The van der Waals surface area contributed by atoms with Gasteiger partial charge in [0.05, 0.1) is 12.2 Å². The van der Waals surface area contributed by atoms with Crippen molar-refractivity contribution in [2.75, 3.05) is 6.61 Å². The molecule has 0 amide bonds. The molecule has 128 valence electrons. The molecule has 2 aromatic rings. The van der Waals surface area contributed by atoms with E-state index in [0.29, 0.717) is 23.5 Å². The van der Waals surface area contributed by atoms with E-state index in [1.165, 1.54) is 38.5 Å². The van der Waals surface area contributed by atoms with Crippen LogP contribution in [-0.4, -0.2) is 12.4 Å². The van der Waals surface area contributed by atoms with Crippen LogP contribution in [0.5, 0.6) is 5.75 Å². The molecule has 2 aromatic carbocycles. The lowest BCUT2D eigenvalue weighted by Gasteiger charge is -2.11. The first kappa shape index (κ1) is 18.3. The topological polar surface area (TPSA) is 26.3 Å². The summed E-state index contributed by atoms with van der Waals surface area (Å²) in [7, 11) is 0. The summed E-state index contributed by atoms with van der Waals surface area (Å²) in [4.78, 5) is 12.6. The van der Waals surface area contributed by atoms with Crippen LogP contribution in [0, 0.1) is 0 Å². The summed E-state index contributed by atoms with van der Waals surface area (Å²) < 4.78 is 5.89. The quantitative estimate of drug-likeness (QED) is 0.371. The maximum Gasteiger partial charge on any atom is 0.196 e. The Kier molecular flexibility index (Phi) is 8.09. The minimum absolute atomic E-state index is 0.0192.